The number of anilines is 1. The molecule has 8 heteroatoms. The Hall–Kier alpha value is -3.00. The van der Waals surface area contributed by atoms with Gasteiger partial charge in [0.25, 0.3) is 5.91 Å². The third kappa shape index (κ3) is 4.45. The summed E-state index contributed by atoms with van der Waals surface area (Å²) in [6.45, 7) is 4.75. The SMILES string of the molecule is CC1CCN(C(=O)C(C)c2ccccc2)[C@@H](Nc2ncc(C(=O)NO)cn2)C1. The van der Waals surface area contributed by atoms with Crippen LogP contribution in [0.5, 0.6) is 0 Å². The lowest BCUT2D eigenvalue weighted by molar-refractivity contribution is -0.136. The fraction of sp³-hybridized carbons (Fsp3) is 0.400. The first-order chi connectivity index (χ1) is 13.5. The van der Waals surface area contributed by atoms with Crippen LogP contribution in [0.15, 0.2) is 42.7 Å². The highest BCUT2D eigenvalue weighted by Gasteiger charge is 2.33. The van der Waals surface area contributed by atoms with Crippen molar-refractivity contribution >= 4 is 17.8 Å². The first-order valence-electron chi connectivity index (χ1n) is 9.38. The molecular weight excluding hydrogens is 358 g/mol. The van der Waals surface area contributed by atoms with Gasteiger partial charge in [-0.05, 0) is 31.2 Å². The minimum Gasteiger partial charge on any atom is -0.334 e. The first kappa shape index (κ1) is 19.8. The van der Waals surface area contributed by atoms with Crippen LogP contribution in [0.4, 0.5) is 5.95 Å². The van der Waals surface area contributed by atoms with Gasteiger partial charge in [0.2, 0.25) is 11.9 Å². The molecule has 3 atom stereocenters. The van der Waals surface area contributed by atoms with Crippen LogP contribution in [-0.2, 0) is 4.79 Å². The average Bonchev–Trinajstić information content (AvgIpc) is 2.73. The van der Waals surface area contributed by atoms with Crippen molar-refractivity contribution in [3.8, 4) is 0 Å². The molecule has 1 aromatic carbocycles. The van der Waals surface area contributed by atoms with Gasteiger partial charge < -0.3 is 10.2 Å². The molecule has 1 aromatic heterocycles. The molecule has 1 saturated heterocycles. The van der Waals surface area contributed by atoms with E-state index in [1.807, 2.05) is 42.2 Å². The molecule has 148 valence electrons. The topological polar surface area (TPSA) is 107 Å². The molecule has 1 aliphatic rings. The standard InChI is InChI=1S/C20H25N5O3/c1-13-8-9-25(19(27)14(2)15-6-4-3-5-7-15)17(10-13)23-20-21-11-16(12-22-20)18(26)24-28/h3-7,11-14,17,28H,8-10H2,1-2H3,(H,24,26)(H,21,22,23)/t13?,14?,17-/m1/s1. The molecule has 2 unspecified atom stereocenters. The Bertz CT molecular complexity index is 812. The van der Waals surface area contributed by atoms with Crippen LogP contribution in [0, 0.1) is 5.92 Å². The van der Waals surface area contributed by atoms with Crippen LogP contribution in [-0.4, -0.2) is 44.6 Å². The van der Waals surface area contributed by atoms with Crippen LogP contribution < -0.4 is 10.8 Å². The molecule has 28 heavy (non-hydrogen) atoms. The smallest absolute Gasteiger partial charge is 0.277 e. The molecule has 0 aliphatic carbocycles. The summed E-state index contributed by atoms with van der Waals surface area (Å²) in [5, 5.41) is 11.9. The number of benzene rings is 1. The van der Waals surface area contributed by atoms with Crippen molar-refractivity contribution in [2.45, 2.75) is 38.8 Å². The third-order valence-electron chi connectivity index (χ3n) is 5.13. The maximum Gasteiger partial charge on any atom is 0.277 e. The van der Waals surface area contributed by atoms with Gasteiger partial charge in [0.1, 0.15) is 6.17 Å². The number of amides is 2. The van der Waals surface area contributed by atoms with Gasteiger partial charge in [-0.2, -0.15) is 0 Å². The number of carbonyl (C=O) groups is 2. The first-order valence-corrected chi connectivity index (χ1v) is 9.38. The number of nitrogens with zero attached hydrogens (tertiary/aromatic N) is 3. The Morgan fingerprint density at radius 2 is 1.89 bits per heavy atom. The predicted octanol–water partition coefficient (Wildman–Crippen LogP) is 2.40. The maximum atomic E-state index is 13.2. The molecule has 8 nitrogen and oxygen atoms in total. The van der Waals surface area contributed by atoms with Crippen molar-refractivity contribution in [1.82, 2.24) is 20.3 Å². The minimum atomic E-state index is -0.675. The lowest BCUT2D eigenvalue weighted by atomic mass is 9.93. The van der Waals surface area contributed by atoms with Crippen molar-refractivity contribution in [2.24, 2.45) is 5.92 Å². The second-order valence-electron chi connectivity index (χ2n) is 7.19. The Morgan fingerprint density at radius 1 is 1.21 bits per heavy atom. The van der Waals surface area contributed by atoms with E-state index in [9.17, 15) is 9.59 Å². The summed E-state index contributed by atoms with van der Waals surface area (Å²) < 4.78 is 0. The van der Waals surface area contributed by atoms with Gasteiger partial charge >= 0.3 is 0 Å². The molecular formula is C20H25N5O3. The predicted molar refractivity (Wildman–Crippen MR) is 104 cm³/mol. The Kier molecular flexibility index (Phi) is 6.20. The van der Waals surface area contributed by atoms with Crippen molar-refractivity contribution < 1.29 is 14.8 Å². The van der Waals surface area contributed by atoms with Gasteiger partial charge in [0.05, 0.1) is 11.5 Å². The Morgan fingerprint density at radius 3 is 2.54 bits per heavy atom. The quantitative estimate of drug-likeness (QED) is 0.541. The molecule has 2 amide bonds. The third-order valence-corrected chi connectivity index (χ3v) is 5.13. The van der Waals surface area contributed by atoms with Gasteiger partial charge in [0, 0.05) is 18.9 Å². The van der Waals surface area contributed by atoms with Gasteiger partial charge in [-0.25, -0.2) is 15.4 Å². The molecule has 0 spiro atoms. The van der Waals surface area contributed by atoms with E-state index in [0.29, 0.717) is 18.4 Å². The van der Waals surface area contributed by atoms with Crippen molar-refractivity contribution in [2.75, 3.05) is 11.9 Å². The zero-order valence-electron chi connectivity index (χ0n) is 16.0. The van der Waals surface area contributed by atoms with Crippen LogP contribution >= 0.6 is 0 Å². The van der Waals surface area contributed by atoms with E-state index in [4.69, 9.17) is 5.21 Å². The molecule has 0 bridgehead atoms. The van der Waals surface area contributed by atoms with Crippen molar-refractivity contribution in [3.63, 3.8) is 0 Å². The van der Waals surface area contributed by atoms with E-state index in [1.54, 1.807) is 5.48 Å². The molecule has 1 aliphatic heterocycles. The largest absolute Gasteiger partial charge is 0.334 e. The van der Waals surface area contributed by atoms with E-state index in [0.717, 1.165) is 18.4 Å². The number of likely N-dealkylation sites (tertiary alicyclic amines) is 1. The fourth-order valence-corrected chi connectivity index (χ4v) is 3.41. The molecule has 3 N–H and O–H groups in total. The van der Waals surface area contributed by atoms with E-state index in [1.165, 1.54) is 12.4 Å². The normalized spacial score (nSPS) is 20.3. The number of aromatic nitrogens is 2. The molecule has 2 heterocycles. The number of rotatable bonds is 5. The summed E-state index contributed by atoms with van der Waals surface area (Å²) in [6.07, 6.45) is 4.16. The summed E-state index contributed by atoms with van der Waals surface area (Å²) in [5.74, 6) is -0.0552. The van der Waals surface area contributed by atoms with Crippen molar-refractivity contribution in [1.29, 1.82) is 0 Å². The van der Waals surface area contributed by atoms with Crippen LogP contribution in [0.2, 0.25) is 0 Å². The number of nitrogens with one attached hydrogen (secondary N) is 2. The van der Waals surface area contributed by atoms with Gasteiger partial charge in [0.15, 0.2) is 0 Å². The summed E-state index contributed by atoms with van der Waals surface area (Å²) in [4.78, 5) is 34.7. The lowest BCUT2D eigenvalue weighted by Gasteiger charge is -2.40. The summed E-state index contributed by atoms with van der Waals surface area (Å²) >= 11 is 0. The minimum absolute atomic E-state index is 0.0619. The molecule has 2 aromatic rings. The van der Waals surface area contributed by atoms with Crippen LogP contribution in [0.25, 0.3) is 0 Å². The Labute approximate surface area is 164 Å². The second-order valence-corrected chi connectivity index (χ2v) is 7.19. The van der Waals surface area contributed by atoms with Crippen LogP contribution in [0.3, 0.4) is 0 Å². The van der Waals surface area contributed by atoms with Gasteiger partial charge in [-0.1, -0.05) is 37.3 Å². The molecule has 0 radical (unpaired) electrons. The van der Waals surface area contributed by atoms with E-state index < -0.39 is 5.91 Å². The van der Waals surface area contributed by atoms with E-state index in [-0.39, 0.29) is 23.6 Å². The number of piperidine rings is 1. The van der Waals surface area contributed by atoms with Gasteiger partial charge in [-0.3, -0.25) is 14.8 Å². The monoisotopic (exact) mass is 383 g/mol. The zero-order valence-corrected chi connectivity index (χ0v) is 16.0. The zero-order chi connectivity index (χ0) is 20.1. The number of hydroxylamine groups is 1. The number of hydrogen-bond donors (Lipinski definition) is 3. The number of hydrogen-bond acceptors (Lipinski definition) is 6. The molecule has 0 saturated carbocycles. The summed E-state index contributed by atoms with van der Waals surface area (Å²) in [6, 6.07) is 9.74. The average molecular weight is 383 g/mol. The maximum absolute atomic E-state index is 13.2. The second kappa shape index (κ2) is 8.79. The molecule has 3 rings (SSSR count). The van der Waals surface area contributed by atoms with Crippen LogP contribution in [0.1, 0.15) is 48.5 Å². The molecule has 1 fully saturated rings. The lowest BCUT2D eigenvalue weighted by Crippen LogP contribution is -2.51. The summed E-state index contributed by atoms with van der Waals surface area (Å²) in [5.41, 5.74) is 2.68. The van der Waals surface area contributed by atoms with E-state index in [2.05, 4.69) is 22.2 Å². The van der Waals surface area contributed by atoms with Gasteiger partial charge in [-0.15, -0.1) is 0 Å². The van der Waals surface area contributed by atoms with Crippen molar-refractivity contribution in [3.05, 3.63) is 53.9 Å². The summed E-state index contributed by atoms with van der Waals surface area (Å²) in [7, 11) is 0. The highest BCUT2D eigenvalue weighted by Crippen LogP contribution is 2.27. The fourth-order valence-electron chi connectivity index (χ4n) is 3.41. The highest BCUT2D eigenvalue weighted by molar-refractivity contribution is 5.92. The number of carbonyl (C=O) groups excluding carboxylic acids is 2. The van der Waals surface area contributed by atoms with E-state index >= 15 is 0 Å². The highest BCUT2D eigenvalue weighted by atomic mass is 16.5. The Balaban J connectivity index is 1.75.